The molecule has 106 valence electrons. The van der Waals surface area contributed by atoms with Gasteiger partial charge in [0.2, 0.25) is 0 Å². The highest BCUT2D eigenvalue weighted by Gasteiger charge is 2.41. The number of halogens is 1. The van der Waals surface area contributed by atoms with Crippen molar-refractivity contribution in [2.24, 2.45) is 5.92 Å². The van der Waals surface area contributed by atoms with Crippen LogP contribution >= 0.6 is 27.3 Å². The van der Waals surface area contributed by atoms with Crippen LogP contribution in [0.5, 0.6) is 0 Å². The van der Waals surface area contributed by atoms with Gasteiger partial charge < -0.3 is 14.6 Å². The summed E-state index contributed by atoms with van der Waals surface area (Å²) >= 11 is 5.14. The first kappa shape index (κ1) is 14.0. The van der Waals surface area contributed by atoms with E-state index in [1.165, 1.54) is 0 Å². The largest absolute Gasteiger partial charge is 0.387 e. The van der Waals surface area contributed by atoms with E-state index < -0.39 is 0 Å². The van der Waals surface area contributed by atoms with Gasteiger partial charge in [0.25, 0.3) is 0 Å². The lowest BCUT2D eigenvalue weighted by atomic mass is 9.78. The molecule has 0 aromatic carbocycles. The van der Waals surface area contributed by atoms with E-state index in [9.17, 15) is 5.11 Å². The number of rotatable bonds is 2. The molecule has 19 heavy (non-hydrogen) atoms. The van der Waals surface area contributed by atoms with E-state index in [0.717, 1.165) is 54.9 Å². The van der Waals surface area contributed by atoms with Crippen LogP contribution in [0.4, 0.5) is 0 Å². The van der Waals surface area contributed by atoms with Crippen molar-refractivity contribution in [1.82, 2.24) is 0 Å². The van der Waals surface area contributed by atoms with Gasteiger partial charge in [-0.2, -0.15) is 0 Å². The average Bonchev–Trinajstić information content (AvgIpc) is 2.85. The van der Waals surface area contributed by atoms with Gasteiger partial charge in [-0.3, -0.25) is 0 Å². The van der Waals surface area contributed by atoms with Crippen LogP contribution in [-0.4, -0.2) is 30.5 Å². The maximum atomic E-state index is 10.6. The minimum absolute atomic E-state index is 0.0497. The topological polar surface area (TPSA) is 38.7 Å². The Morgan fingerprint density at radius 2 is 2.16 bits per heavy atom. The summed E-state index contributed by atoms with van der Waals surface area (Å²) in [7, 11) is 0. The molecule has 2 saturated heterocycles. The van der Waals surface area contributed by atoms with E-state index in [2.05, 4.69) is 15.9 Å². The fourth-order valence-corrected chi connectivity index (χ4v) is 4.84. The maximum Gasteiger partial charge on any atom is 0.0923 e. The van der Waals surface area contributed by atoms with Crippen LogP contribution in [0.3, 0.4) is 0 Å². The Labute approximate surface area is 126 Å². The van der Waals surface area contributed by atoms with Crippen LogP contribution in [0, 0.1) is 5.92 Å². The Morgan fingerprint density at radius 3 is 2.84 bits per heavy atom. The van der Waals surface area contributed by atoms with Crippen LogP contribution in [0.2, 0.25) is 0 Å². The van der Waals surface area contributed by atoms with Crippen molar-refractivity contribution < 1.29 is 14.6 Å². The molecule has 2 fully saturated rings. The fraction of sp³-hybridized carbons (Fsp3) is 0.714. The minimum Gasteiger partial charge on any atom is -0.387 e. The lowest BCUT2D eigenvalue weighted by Crippen LogP contribution is -2.45. The fourth-order valence-electron chi connectivity index (χ4n) is 3.16. The molecule has 2 aliphatic heterocycles. The summed E-state index contributed by atoms with van der Waals surface area (Å²) in [6.45, 7) is 2.32. The number of hydrogen-bond donors (Lipinski definition) is 1. The molecule has 1 aromatic rings. The van der Waals surface area contributed by atoms with Gasteiger partial charge in [-0.05, 0) is 59.0 Å². The van der Waals surface area contributed by atoms with Crippen molar-refractivity contribution in [2.75, 3.05) is 19.8 Å². The van der Waals surface area contributed by atoms with Gasteiger partial charge in [0, 0.05) is 29.2 Å². The van der Waals surface area contributed by atoms with E-state index in [1.54, 1.807) is 11.3 Å². The van der Waals surface area contributed by atoms with Crippen LogP contribution < -0.4 is 0 Å². The summed E-state index contributed by atoms with van der Waals surface area (Å²) in [4.78, 5) is 1.05. The molecule has 5 heteroatoms. The zero-order valence-electron chi connectivity index (χ0n) is 10.8. The van der Waals surface area contributed by atoms with E-state index >= 15 is 0 Å². The molecule has 1 spiro atoms. The molecule has 2 unspecified atom stereocenters. The summed E-state index contributed by atoms with van der Waals surface area (Å²) in [6.07, 6.45) is 3.43. The van der Waals surface area contributed by atoms with Gasteiger partial charge in [0.1, 0.15) is 0 Å². The molecule has 1 N–H and O–H groups in total. The van der Waals surface area contributed by atoms with E-state index in [0.29, 0.717) is 5.92 Å². The zero-order chi connectivity index (χ0) is 13.3. The molecule has 0 radical (unpaired) electrons. The highest BCUT2D eigenvalue weighted by molar-refractivity contribution is 9.10. The minimum atomic E-state index is -0.377. The van der Waals surface area contributed by atoms with Gasteiger partial charge in [-0.1, -0.05) is 0 Å². The van der Waals surface area contributed by atoms with Crippen LogP contribution in [0.15, 0.2) is 15.9 Å². The highest BCUT2D eigenvalue weighted by Crippen LogP contribution is 2.44. The number of thiophene rings is 1. The van der Waals surface area contributed by atoms with Crippen LogP contribution in [0.25, 0.3) is 0 Å². The lowest BCUT2D eigenvalue weighted by Gasteiger charge is -2.44. The monoisotopic (exact) mass is 346 g/mol. The first-order valence-corrected chi connectivity index (χ1v) is 8.50. The van der Waals surface area contributed by atoms with Crippen molar-refractivity contribution in [3.8, 4) is 0 Å². The Bertz CT molecular complexity index is 423. The summed E-state index contributed by atoms with van der Waals surface area (Å²) in [5.41, 5.74) is -0.0497. The van der Waals surface area contributed by atoms with E-state index in [4.69, 9.17) is 9.47 Å². The molecule has 0 bridgehead atoms. The van der Waals surface area contributed by atoms with E-state index in [-0.39, 0.29) is 11.7 Å². The molecule has 3 rings (SSSR count). The molecular formula is C14H19BrO3S. The molecule has 3 heterocycles. The molecule has 2 atom stereocenters. The Kier molecular flexibility index (Phi) is 4.29. The van der Waals surface area contributed by atoms with Crippen molar-refractivity contribution >= 4 is 27.3 Å². The van der Waals surface area contributed by atoms with Gasteiger partial charge in [-0.15, -0.1) is 11.3 Å². The third-order valence-electron chi connectivity index (χ3n) is 4.30. The predicted octanol–water partition coefficient (Wildman–Crippen LogP) is 3.52. The van der Waals surface area contributed by atoms with Gasteiger partial charge in [0.05, 0.1) is 11.7 Å². The van der Waals surface area contributed by atoms with Gasteiger partial charge in [-0.25, -0.2) is 0 Å². The molecule has 0 amide bonds. The first-order chi connectivity index (χ1) is 9.20. The summed E-state index contributed by atoms with van der Waals surface area (Å²) in [5.74, 6) is 0.293. The molecule has 2 aliphatic rings. The highest BCUT2D eigenvalue weighted by atomic mass is 79.9. The Hall–Kier alpha value is 0.0600. The number of aliphatic hydroxyl groups is 1. The quantitative estimate of drug-likeness (QED) is 0.890. The maximum absolute atomic E-state index is 10.6. The molecule has 0 saturated carbocycles. The second kappa shape index (κ2) is 5.82. The second-order valence-electron chi connectivity index (χ2n) is 5.47. The summed E-state index contributed by atoms with van der Waals surface area (Å²) in [5, 5.41) is 12.6. The van der Waals surface area contributed by atoms with Crippen molar-refractivity contribution in [3.05, 3.63) is 20.8 Å². The SMILES string of the molecule is OC(c1sccc1Br)C1CCOC2(CCOCC2)C1. The van der Waals surface area contributed by atoms with Crippen LogP contribution in [0.1, 0.15) is 36.7 Å². The third-order valence-corrected chi connectivity index (χ3v) is 6.24. The Morgan fingerprint density at radius 1 is 1.37 bits per heavy atom. The Balaban J connectivity index is 1.72. The molecular weight excluding hydrogens is 328 g/mol. The third kappa shape index (κ3) is 2.90. The first-order valence-electron chi connectivity index (χ1n) is 6.83. The summed E-state index contributed by atoms with van der Waals surface area (Å²) in [6, 6.07) is 2.01. The average molecular weight is 347 g/mol. The number of aliphatic hydroxyl groups excluding tert-OH is 1. The smallest absolute Gasteiger partial charge is 0.0923 e. The van der Waals surface area contributed by atoms with Crippen LogP contribution in [-0.2, 0) is 9.47 Å². The second-order valence-corrected chi connectivity index (χ2v) is 7.28. The molecule has 0 aliphatic carbocycles. The zero-order valence-corrected chi connectivity index (χ0v) is 13.2. The lowest BCUT2D eigenvalue weighted by molar-refractivity contribution is -0.158. The van der Waals surface area contributed by atoms with Gasteiger partial charge in [0.15, 0.2) is 0 Å². The normalized spacial score (nSPS) is 28.4. The van der Waals surface area contributed by atoms with Crippen molar-refractivity contribution in [3.63, 3.8) is 0 Å². The number of ether oxygens (including phenoxy) is 2. The number of hydrogen-bond acceptors (Lipinski definition) is 4. The van der Waals surface area contributed by atoms with Crippen molar-refractivity contribution in [2.45, 2.75) is 37.4 Å². The van der Waals surface area contributed by atoms with Gasteiger partial charge >= 0.3 is 0 Å². The standard InChI is InChI=1S/C14H19BrO3S/c15-11-2-8-19-13(11)12(16)10-1-5-18-14(9-10)3-6-17-7-4-14/h2,8,10,12,16H,1,3-7,9H2. The molecule has 1 aromatic heterocycles. The van der Waals surface area contributed by atoms with Crippen molar-refractivity contribution in [1.29, 1.82) is 0 Å². The summed E-state index contributed by atoms with van der Waals surface area (Å²) < 4.78 is 12.5. The predicted molar refractivity (Wildman–Crippen MR) is 78.4 cm³/mol. The molecule has 3 nitrogen and oxygen atoms in total. The van der Waals surface area contributed by atoms with E-state index in [1.807, 2.05) is 11.4 Å².